The average Bonchev–Trinajstić information content (AvgIpc) is 2.39. The van der Waals surface area contributed by atoms with Gasteiger partial charge in [-0.05, 0) is 19.4 Å². The molecule has 0 radical (unpaired) electrons. The molecule has 2 rings (SSSR count). The first-order valence-corrected chi connectivity index (χ1v) is 5.66. The van der Waals surface area contributed by atoms with Gasteiger partial charge in [-0.25, -0.2) is 0 Å². The highest BCUT2D eigenvalue weighted by atomic mass is 16.5. The summed E-state index contributed by atoms with van der Waals surface area (Å²) in [6.07, 6.45) is 2.22. The van der Waals surface area contributed by atoms with E-state index in [9.17, 15) is 0 Å². The van der Waals surface area contributed by atoms with E-state index in [2.05, 4.69) is 15.3 Å². The maximum Gasteiger partial charge on any atom is 0.323 e. The maximum atomic E-state index is 5.70. The van der Waals surface area contributed by atoms with Gasteiger partial charge in [-0.15, -0.1) is 0 Å². The number of piperidine rings is 1. The topological polar surface area (TPSA) is 65.5 Å². The van der Waals surface area contributed by atoms with Gasteiger partial charge in [0.2, 0.25) is 11.8 Å². The van der Waals surface area contributed by atoms with E-state index in [1.54, 1.807) is 20.3 Å². The van der Waals surface area contributed by atoms with Gasteiger partial charge in [0.05, 0.1) is 20.3 Å². The predicted molar refractivity (Wildman–Crippen MR) is 61.7 cm³/mol. The first-order valence-electron chi connectivity index (χ1n) is 5.66. The second-order valence-electron chi connectivity index (χ2n) is 3.82. The van der Waals surface area contributed by atoms with Crippen LogP contribution in [-0.4, -0.2) is 43.4 Å². The fourth-order valence-electron chi connectivity index (χ4n) is 1.72. The maximum absolute atomic E-state index is 5.70. The van der Waals surface area contributed by atoms with Gasteiger partial charge in [0, 0.05) is 6.54 Å². The molecule has 1 aliphatic heterocycles. The van der Waals surface area contributed by atoms with Crippen LogP contribution in [0.4, 0.5) is 0 Å². The summed E-state index contributed by atoms with van der Waals surface area (Å²) in [5.41, 5.74) is 0. The molecular weight excluding hydrogens is 222 g/mol. The zero-order chi connectivity index (χ0) is 12.1. The lowest BCUT2D eigenvalue weighted by Crippen LogP contribution is -2.37. The molecular formula is C11H17N3O3. The summed E-state index contributed by atoms with van der Waals surface area (Å²) >= 11 is 0. The molecule has 0 saturated carbocycles. The minimum absolute atomic E-state index is 0.112. The van der Waals surface area contributed by atoms with E-state index in [1.165, 1.54) is 0 Å². The van der Waals surface area contributed by atoms with Crippen LogP contribution >= 0.6 is 0 Å². The minimum atomic E-state index is 0.112. The van der Waals surface area contributed by atoms with Crippen molar-refractivity contribution in [2.24, 2.45) is 0 Å². The monoisotopic (exact) mass is 239 g/mol. The second kappa shape index (κ2) is 5.67. The lowest BCUT2D eigenvalue weighted by atomic mass is 10.1. The number of methoxy groups -OCH3 is 2. The Hall–Kier alpha value is -1.56. The number of hydrogen-bond acceptors (Lipinski definition) is 6. The van der Waals surface area contributed by atoms with E-state index in [0.29, 0.717) is 17.8 Å². The van der Waals surface area contributed by atoms with Crippen molar-refractivity contribution in [3.63, 3.8) is 0 Å². The van der Waals surface area contributed by atoms with E-state index < -0.39 is 0 Å². The predicted octanol–water partition coefficient (Wildman–Crippen LogP) is 0.625. The highest BCUT2D eigenvalue weighted by Crippen LogP contribution is 2.20. The molecule has 1 N–H and O–H groups in total. The Bertz CT molecular complexity index is 345. The van der Waals surface area contributed by atoms with E-state index >= 15 is 0 Å². The second-order valence-corrected chi connectivity index (χ2v) is 3.82. The minimum Gasteiger partial charge on any atom is -0.481 e. The van der Waals surface area contributed by atoms with Crippen LogP contribution in [0.1, 0.15) is 12.8 Å². The summed E-state index contributed by atoms with van der Waals surface area (Å²) in [6, 6.07) is 1.92. The molecule has 1 saturated heterocycles. The number of hydrogen-bond donors (Lipinski definition) is 1. The van der Waals surface area contributed by atoms with E-state index in [4.69, 9.17) is 14.2 Å². The number of ether oxygens (including phenoxy) is 3. The molecule has 1 aromatic rings. The molecule has 0 spiro atoms. The zero-order valence-electron chi connectivity index (χ0n) is 10.1. The molecule has 0 amide bonds. The highest BCUT2D eigenvalue weighted by molar-refractivity contribution is 5.22. The van der Waals surface area contributed by atoms with Gasteiger partial charge in [0.1, 0.15) is 6.10 Å². The summed E-state index contributed by atoms with van der Waals surface area (Å²) in [5.74, 6) is 0.881. The van der Waals surface area contributed by atoms with Gasteiger partial charge >= 0.3 is 6.01 Å². The molecule has 6 nitrogen and oxygen atoms in total. The van der Waals surface area contributed by atoms with Gasteiger partial charge in [-0.1, -0.05) is 0 Å². The van der Waals surface area contributed by atoms with Crippen LogP contribution in [0.3, 0.4) is 0 Å². The van der Waals surface area contributed by atoms with Crippen LogP contribution in [0.5, 0.6) is 17.8 Å². The van der Waals surface area contributed by atoms with Crippen LogP contribution < -0.4 is 19.5 Å². The summed E-state index contributed by atoms with van der Waals surface area (Å²) < 4.78 is 15.8. The van der Waals surface area contributed by atoms with Crippen LogP contribution in [0.25, 0.3) is 0 Å². The van der Waals surface area contributed by atoms with E-state index in [-0.39, 0.29) is 6.10 Å². The molecule has 1 aromatic heterocycles. The number of nitrogens with one attached hydrogen (secondary N) is 1. The fraction of sp³-hybridized carbons (Fsp3) is 0.636. The molecule has 94 valence electrons. The lowest BCUT2D eigenvalue weighted by Gasteiger charge is -2.22. The Morgan fingerprint density at radius 1 is 1.24 bits per heavy atom. The Morgan fingerprint density at radius 3 is 2.47 bits per heavy atom. The van der Waals surface area contributed by atoms with E-state index in [0.717, 1.165) is 25.9 Å². The third-order valence-corrected chi connectivity index (χ3v) is 2.60. The first-order chi connectivity index (χ1) is 8.31. The smallest absolute Gasteiger partial charge is 0.323 e. The Labute approximate surface area is 100 Å². The van der Waals surface area contributed by atoms with Gasteiger partial charge in [0.15, 0.2) is 0 Å². The van der Waals surface area contributed by atoms with Gasteiger partial charge in [0.25, 0.3) is 0 Å². The van der Waals surface area contributed by atoms with Crippen molar-refractivity contribution in [2.75, 3.05) is 27.3 Å². The summed E-state index contributed by atoms with van der Waals surface area (Å²) in [5, 5.41) is 3.27. The number of nitrogens with zero attached hydrogens (tertiary/aromatic N) is 2. The van der Waals surface area contributed by atoms with E-state index in [1.807, 2.05) is 0 Å². The van der Waals surface area contributed by atoms with Crippen LogP contribution in [0.2, 0.25) is 0 Å². The quantitative estimate of drug-likeness (QED) is 0.831. The standard InChI is InChI=1S/C11H17N3O3/c1-15-9-6-10(16-2)14-11(13-9)17-8-4-3-5-12-7-8/h6,8,12H,3-5,7H2,1-2H3/t8-/m0/s1. The number of rotatable bonds is 4. The van der Waals surface area contributed by atoms with Crippen LogP contribution in [0.15, 0.2) is 6.07 Å². The van der Waals surface area contributed by atoms with Crippen molar-refractivity contribution in [3.8, 4) is 17.8 Å². The first kappa shape index (κ1) is 11.9. The molecule has 2 heterocycles. The normalized spacial score (nSPS) is 19.8. The van der Waals surface area contributed by atoms with Crippen molar-refractivity contribution in [1.82, 2.24) is 15.3 Å². The molecule has 0 bridgehead atoms. The van der Waals surface area contributed by atoms with Crippen molar-refractivity contribution >= 4 is 0 Å². The number of aromatic nitrogens is 2. The van der Waals surface area contributed by atoms with Crippen molar-refractivity contribution in [1.29, 1.82) is 0 Å². The third kappa shape index (κ3) is 3.20. The molecule has 0 unspecified atom stereocenters. The van der Waals surface area contributed by atoms with Gasteiger partial charge < -0.3 is 19.5 Å². The fourth-order valence-corrected chi connectivity index (χ4v) is 1.72. The van der Waals surface area contributed by atoms with Crippen LogP contribution in [-0.2, 0) is 0 Å². The lowest BCUT2D eigenvalue weighted by molar-refractivity contribution is 0.150. The summed E-state index contributed by atoms with van der Waals surface area (Å²) in [4.78, 5) is 8.26. The van der Waals surface area contributed by atoms with Crippen LogP contribution in [0, 0.1) is 0 Å². The SMILES string of the molecule is COc1cc(OC)nc(O[C@H]2CCCNC2)n1. The molecule has 1 fully saturated rings. The molecule has 17 heavy (non-hydrogen) atoms. The molecule has 1 aliphatic rings. The average molecular weight is 239 g/mol. The Kier molecular flexibility index (Phi) is 3.98. The van der Waals surface area contributed by atoms with Crippen molar-refractivity contribution in [3.05, 3.63) is 6.07 Å². The molecule has 0 aromatic carbocycles. The van der Waals surface area contributed by atoms with Crippen molar-refractivity contribution < 1.29 is 14.2 Å². The van der Waals surface area contributed by atoms with Crippen molar-refractivity contribution in [2.45, 2.75) is 18.9 Å². The molecule has 0 aliphatic carbocycles. The third-order valence-electron chi connectivity index (χ3n) is 2.60. The zero-order valence-corrected chi connectivity index (χ0v) is 10.1. The van der Waals surface area contributed by atoms with Gasteiger partial charge in [-0.3, -0.25) is 0 Å². The Morgan fingerprint density at radius 2 is 1.94 bits per heavy atom. The highest BCUT2D eigenvalue weighted by Gasteiger charge is 2.16. The summed E-state index contributed by atoms with van der Waals surface area (Å²) in [6.45, 7) is 1.87. The molecule has 1 atom stereocenters. The molecule has 6 heteroatoms. The van der Waals surface area contributed by atoms with Gasteiger partial charge in [-0.2, -0.15) is 9.97 Å². The Balaban J connectivity index is 2.07. The largest absolute Gasteiger partial charge is 0.481 e. The summed E-state index contributed by atoms with van der Waals surface area (Å²) in [7, 11) is 3.10.